The molecule has 0 spiro atoms. The van der Waals surface area contributed by atoms with Crippen LogP contribution in [0.4, 0.5) is 0 Å². The van der Waals surface area contributed by atoms with E-state index in [1.165, 1.54) is 5.56 Å². The van der Waals surface area contributed by atoms with Gasteiger partial charge in [0.2, 0.25) is 5.91 Å². The molecule has 35 heavy (non-hydrogen) atoms. The Hall–Kier alpha value is -4.03. The Bertz CT molecular complexity index is 1280. The fourth-order valence-electron chi connectivity index (χ4n) is 4.54. The van der Waals surface area contributed by atoms with E-state index in [0.717, 1.165) is 35.5 Å². The minimum atomic E-state index is 0.0138. The van der Waals surface area contributed by atoms with Crippen LogP contribution in [0.1, 0.15) is 22.7 Å². The van der Waals surface area contributed by atoms with Gasteiger partial charge in [0.05, 0.1) is 12.6 Å². The van der Waals surface area contributed by atoms with E-state index < -0.39 is 0 Å². The molecule has 3 heterocycles. The summed E-state index contributed by atoms with van der Waals surface area (Å²) in [6, 6.07) is 24.4. The molecule has 1 fully saturated rings. The van der Waals surface area contributed by atoms with Crippen LogP contribution < -0.4 is 0 Å². The monoisotopic (exact) mass is 463 g/mol. The molecule has 6 heteroatoms. The topological polar surface area (TPSA) is 54.3 Å². The first-order valence-corrected chi connectivity index (χ1v) is 11.9. The SMILES string of the molecule is CN1CCN(C(=O)/C=C/c2cn(Cc3ccccc3)nc2-c2cccnc2)C(c2ccccc2)C1. The number of piperazine rings is 1. The molecule has 4 aromatic rings. The van der Waals surface area contributed by atoms with E-state index in [9.17, 15) is 4.79 Å². The van der Waals surface area contributed by atoms with Crippen LogP contribution in [0.25, 0.3) is 17.3 Å². The first-order chi connectivity index (χ1) is 17.2. The van der Waals surface area contributed by atoms with Gasteiger partial charge < -0.3 is 9.80 Å². The lowest BCUT2D eigenvalue weighted by atomic mass is 10.0. The third kappa shape index (κ3) is 5.39. The molecule has 6 nitrogen and oxygen atoms in total. The summed E-state index contributed by atoms with van der Waals surface area (Å²) in [5, 5.41) is 4.83. The second-order valence-corrected chi connectivity index (χ2v) is 8.91. The average Bonchev–Trinajstić information content (AvgIpc) is 3.31. The summed E-state index contributed by atoms with van der Waals surface area (Å²) >= 11 is 0. The average molecular weight is 464 g/mol. The minimum Gasteiger partial charge on any atom is -0.330 e. The van der Waals surface area contributed by atoms with Gasteiger partial charge in [0.15, 0.2) is 0 Å². The van der Waals surface area contributed by atoms with Gasteiger partial charge in [0.25, 0.3) is 0 Å². The first kappa shape index (κ1) is 22.7. The van der Waals surface area contributed by atoms with Crippen molar-refractivity contribution in [3.63, 3.8) is 0 Å². The molecule has 176 valence electrons. The molecular formula is C29H29N5O. The zero-order chi connectivity index (χ0) is 24.0. The van der Waals surface area contributed by atoms with Gasteiger partial charge in [-0.05, 0) is 36.4 Å². The Morgan fingerprint density at radius 2 is 1.77 bits per heavy atom. The summed E-state index contributed by atoms with van der Waals surface area (Å²) in [5.41, 5.74) is 4.96. The maximum atomic E-state index is 13.4. The van der Waals surface area contributed by atoms with Gasteiger partial charge in [0, 0.05) is 55.4 Å². The summed E-state index contributed by atoms with van der Waals surface area (Å²) in [4.78, 5) is 21.9. The van der Waals surface area contributed by atoms with Crippen LogP contribution in [0.2, 0.25) is 0 Å². The van der Waals surface area contributed by atoms with Crippen LogP contribution in [0.3, 0.4) is 0 Å². The van der Waals surface area contributed by atoms with Crippen molar-refractivity contribution in [1.82, 2.24) is 24.6 Å². The predicted molar refractivity (Wildman–Crippen MR) is 138 cm³/mol. The highest BCUT2D eigenvalue weighted by Crippen LogP contribution is 2.26. The third-order valence-electron chi connectivity index (χ3n) is 6.37. The van der Waals surface area contributed by atoms with E-state index >= 15 is 0 Å². The second kappa shape index (κ2) is 10.5. The molecule has 0 N–H and O–H groups in total. The van der Waals surface area contributed by atoms with E-state index in [1.807, 2.05) is 70.4 Å². The number of hydrogen-bond acceptors (Lipinski definition) is 4. The lowest BCUT2D eigenvalue weighted by Crippen LogP contribution is -2.48. The van der Waals surface area contributed by atoms with Crippen molar-refractivity contribution in [3.05, 3.63) is 114 Å². The number of rotatable bonds is 6. The number of aromatic nitrogens is 3. The van der Waals surface area contributed by atoms with Crippen molar-refractivity contribution in [2.45, 2.75) is 12.6 Å². The highest BCUT2D eigenvalue weighted by atomic mass is 16.2. The quantitative estimate of drug-likeness (QED) is 0.395. The normalized spacial score (nSPS) is 16.6. The fourth-order valence-corrected chi connectivity index (χ4v) is 4.54. The van der Waals surface area contributed by atoms with Crippen molar-refractivity contribution in [2.75, 3.05) is 26.7 Å². The number of likely N-dealkylation sites (N-methyl/N-ethyl adjacent to an activating group) is 1. The van der Waals surface area contributed by atoms with Gasteiger partial charge in [-0.25, -0.2) is 0 Å². The Balaban J connectivity index is 1.42. The van der Waals surface area contributed by atoms with Gasteiger partial charge in [-0.2, -0.15) is 5.10 Å². The van der Waals surface area contributed by atoms with E-state index in [-0.39, 0.29) is 11.9 Å². The van der Waals surface area contributed by atoms with E-state index in [1.54, 1.807) is 18.5 Å². The molecule has 5 rings (SSSR count). The number of pyridine rings is 1. The Labute approximate surface area is 206 Å². The van der Waals surface area contributed by atoms with E-state index in [2.05, 4.69) is 41.2 Å². The molecule has 0 bridgehead atoms. The molecule has 2 aromatic carbocycles. The second-order valence-electron chi connectivity index (χ2n) is 8.91. The zero-order valence-corrected chi connectivity index (χ0v) is 19.9. The number of carbonyl (C=O) groups excluding carboxylic acids is 1. The van der Waals surface area contributed by atoms with Gasteiger partial charge >= 0.3 is 0 Å². The molecule has 2 aromatic heterocycles. The number of benzene rings is 2. The van der Waals surface area contributed by atoms with Crippen LogP contribution >= 0.6 is 0 Å². The maximum absolute atomic E-state index is 13.4. The molecule has 1 amide bonds. The van der Waals surface area contributed by atoms with E-state index in [0.29, 0.717) is 13.1 Å². The molecule has 1 unspecified atom stereocenters. The number of hydrogen-bond donors (Lipinski definition) is 0. The van der Waals surface area contributed by atoms with Crippen LogP contribution in [0.5, 0.6) is 0 Å². The predicted octanol–water partition coefficient (Wildman–Crippen LogP) is 4.52. The third-order valence-corrected chi connectivity index (χ3v) is 6.37. The molecule has 1 aliphatic heterocycles. The summed E-state index contributed by atoms with van der Waals surface area (Å²) < 4.78 is 1.92. The Morgan fingerprint density at radius 3 is 2.51 bits per heavy atom. The number of carbonyl (C=O) groups is 1. The maximum Gasteiger partial charge on any atom is 0.247 e. The molecule has 0 radical (unpaired) electrons. The fraction of sp³-hybridized carbons (Fsp3) is 0.207. The van der Waals surface area contributed by atoms with Gasteiger partial charge in [-0.15, -0.1) is 0 Å². The summed E-state index contributed by atoms with van der Waals surface area (Å²) in [7, 11) is 2.11. The van der Waals surface area contributed by atoms with Crippen molar-refractivity contribution in [1.29, 1.82) is 0 Å². The Kier molecular flexibility index (Phi) is 6.82. The standard InChI is InChI=1S/C29H29N5O/c1-32-17-18-34(27(22-32)24-11-6-3-7-12-24)28(35)15-14-26-21-33(20-23-9-4-2-5-10-23)31-29(26)25-13-8-16-30-19-25/h2-16,19,21,27H,17-18,20,22H2,1H3/b15-14+. The molecular weight excluding hydrogens is 434 g/mol. The van der Waals surface area contributed by atoms with Crippen LogP contribution in [0, 0.1) is 0 Å². The lowest BCUT2D eigenvalue weighted by molar-refractivity contribution is -0.130. The summed E-state index contributed by atoms with van der Waals surface area (Å²) in [6.45, 7) is 3.03. The van der Waals surface area contributed by atoms with Crippen LogP contribution in [-0.4, -0.2) is 57.2 Å². The molecule has 1 aliphatic rings. The number of nitrogens with zero attached hydrogens (tertiary/aromatic N) is 5. The van der Waals surface area contributed by atoms with Crippen molar-refractivity contribution in [2.24, 2.45) is 0 Å². The highest BCUT2D eigenvalue weighted by Gasteiger charge is 2.29. The van der Waals surface area contributed by atoms with Crippen molar-refractivity contribution < 1.29 is 4.79 Å². The van der Waals surface area contributed by atoms with Crippen molar-refractivity contribution in [3.8, 4) is 11.3 Å². The van der Waals surface area contributed by atoms with Crippen LogP contribution in [-0.2, 0) is 11.3 Å². The largest absolute Gasteiger partial charge is 0.330 e. The summed E-state index contributed by atoms with van der Waals surface area (Å²) in [6.07, 6.45) is 9.13. The van der Waals surface area contributed by atoms with Gasteiger partial charge in [0.1, 0.15) is 5.69 Å². The molecule has 0 saturated carbocycles. The van der Waals surface area contributed by atoms with Gasteiger partial charge in [-0.1, -0.05) is 60.7 Å². The highest BCUT2D eigenvalue weighted by molar-refractivity contribution is 5.93. The Morgan fingerprint density at radius 1 is 1.00 bits per heavy atom. The van der Waals surface area contributed by atoms with Gasteiger partial charge in [-0.3, -0.25) is 14.5 Å². The molecule has 1 atom stereocenters. The lowest BCUT2D eigenvalue weighted by Gasteiger charge is -2.39. The molecule has 1 saturated heterocycles. The smallest absolute Gasteiger partial charge is 0.247 e. The molecule has 0 aliphatic carbocycles. The van der Waals surface area contributed by atoms with E-state index in [4.69, 9.17) is 5.10 Å². The van der Waals surface area contributed by atoms with Crippen LogP contribution in [0.15, 0.2) is 97.5 Å². The summed E-state index contributed by atoms with van der Waals surface area (Å²) in [5.74, 6) is 0.0138. The zero-order valence-electron chi connectivity index (χ0n) is 19.9. The number of amides is 1. The minimum absolute atomic E-state index is 0.0138. The first-order valence-electron chi connectivity index (χ1n) is 11.9. The van der Waals surface area contributed by atoms with Crippen molar-refractivity contribution >= 4 is 12.0 Å².